The summed E-state index contributed by atoms with van der Waals surface area (Å²) >= 11 is 6.00. The van der Waals surface area contributed by atoms with E-state index in [4.69, 9.17) is 16.3 Å². The molecule has 0 unspecified atom stereocenters. The van der Waals surface area contributed by atoms with E-state index in [-0.39, 0.29) is 12.1 Å². The lowest BCUT2D eigenvalue weighted by Gasteiger charge is -2.15. The van der Waals surface area contributed by atoms with E-state index in [0.29, 0.717) is 10.7 Å². The number of aromatic nitrogens is 1. The van der Waals surface area contributed by atoms with Crippen LogP contribution in [-0.2, 0) is 20.9 Å². The Kier molecular flexibility index (Phi) is 5.76. The molecule has 24 heavy (non-hydrogen) atoms. The summed E-state index contributed by atoms with van der Waals surface area (Å²) in [5, 5.41) is 3.19. The number of nitrogens with zero attached hydrogens (tertiary/aromatic N) is 1. The summed E-state index contributed by atoms with van der Waals surface area (Å²) in [6.07, 6.45) is 0.471. The van der Waals surface area contributed by atoms with Gasteiger partial charge in [0.25, 0.3) is 11.5 Å². The zero-order valence-corrected chi connectivity index (χ0v) is 14.0. The summed E-state index contributed by atoms with van der Waals surface area (Å²) in [6.45, 7) is 2.98. The van der Waals surface area contributed by atoms with E-state index in [2.05, 4.69) is 5.32 Å². The van der Waals surface area contributed by atoms with Crippen LogP contribution in [0.1, 0.15) is 12.5 Å². The van der Waals surface area contributed by atoms with Gasteiger partial charge in [-0.3, -0.25) is 14.4 Å². The number of nitrogens with one attached hydrogen (secondary N) is 1. The van der Waals surface area contributed by atoms with Crippen molar-refractivity contribution in [3.63, 3.8) is 0 Å². The first-order chi connectivity index (χ1) is 11.4. The number of ether oxygens (including phenoxy) is 1. The van der Waals surface area contributed by atoms with Gasteiger partial charge in [-0.25, -0.2) is 0 Å². The maximum atomic E-state index is 12.1. The van der Waals surface area contributed by atoms with Gasteiger partial charge in [0.05, 0.1) is 0 Å². The van der Waals surface area contributed by atoms with E-state index in [9.17, 15) is 14.4 Å². The first kappa shape index (κ1) is 17.7. The third-order valence-electron chi connectivity index (χ3n) is 3.40. The maximum absolute atomic E-state index is 12.1. The quantitative estimate of drug-likeness (QED) is 0.841. The van der Waals surface area contributed by atoms with E-state index < -0.39 is 18.0 Å². The van der Waals surface area contributed by atoms with E-state index in [1.54, 1.807) is 37.3 Å². The Morgan fingerprint density at radius 2 is 2.00 bits per heavy atom. The zero-order valence-electron chi connectivity index (χ0n) is 13.3. The van der Waals surface area contributed by atoms with Crippen molar-refractivity contribution in [3.05, 3.63) is 63.5 Å². The van der Waals surface area contributed by atoms with Crippen LogP contribution in [0.15, 0.2) is 47.4 Å². The molecule has 0 aliphatic heterocycles. The number of amides is 1. The monoisotopic (exact) mass is 348 g/mol. The molecule has 6 nitrogen and oxygen atoms in total. The highest BCUT2D eigenvalue weighted by Crippen LogP contribution is 2.23. The van der Waals surface area contributed by atoms with Crippen molar-refractivity contribution in [3.8, 4) is 0 Å². The molecule has 0 spiro atoms. The highest BCUT2D eigenvalue weighted by atomic mass is 35.5. The number of carbonyl (C=O) groups is 2. The predicted octanol–water partition coefficient (Wildman–Crippen LogP) is 2.38. The van der Waals surface area contributed by atoms with Crippen LogP contribution in [-0.4, -0.2) is 22.5 Å². The number of anilines is 1. The summed E-state index contributed by atoms with van der Waals surface area (Å²) in [7, 11) is 0. The number of hydrogen-bond acceptors (Lipinski definition) is 4. The van der Waals surface area contributed by atoms with Crippen molar-refractivity contribution in [2.45, 2.75) is 26.5 Å². The smallest absolute Gasteiger partial charge is 0.326 e. The summed E-state index contributed by atoms with van der Waals surface area (Å²) in [6, 6.07) is 9.68. The topological polar surface area (TPSA) is 77.4 Å². The second-order valence-corrected chi connectivity index (χ2v) is 5.61. The molecule has 2 aromatic rings. The number of benzene rings is 1. The number of hydrogen-bond donors (Lipinski definition) is 1. The number of halogens is 1. The Morgan fingerprint density at radius 1 is 1.25 bits per heavy atom. The van der Waals surface area contributed by atoms with E-state index in [1.165, 1.54) is 23.8 Å². The van der Waals surface area contributed by atoms with Crippen molar-refractivity contribution < 1.29 is 14.3 Å². The van der Waals surface area contributed by atoms with Gasteiger partial charge in [-0.1, -0.05) is 23.7 Å². The molecule has 1 N–H and O–H groups in total. The van der Waals surface area contributed by atoms with Gasteiger partial charge in [-0.15, -0.1) is 0 Å². The van der Waals surface area contributed by atoms with Crippen molar-refractivity contribution in [2.75, 3.05) is 5.32 Å². The van der Waals surface area contributed by atoms with Crippen LogP contribution in [0.2, 0.25) is 5.02 Å². The summed E-state index contributed by atoms with van der Waals surface area (Å²) in [5.41, 5.74) is 0.956. The molecule has 0 radical (unpaired) electrons. The largest absolute Gasteiger partial charge is 0.451 e. The van der Waals surface area contributed by atoms with Gasteiger partial charge in [0.2, 0.25) is 0 Å². The van der Waals surface area contributed by atoms with Gasteiger partial charge >= 0.3 is 5.97 Å². The predicted molar refractivity (Wildman–Crippen MR) is 91.1 cm³/mol. The number of pyridine rings is 1. The molecular formula is C17H17ClN2O4. The van der Waals surface area contributed by atoms with Gasteiger partial charge in [0.1, 0.15) is 6.54 Å². The fraction of sp³-hybridized carbons (Fsp3) is 0.235. The van der Waals surface area contributed by atoms with Crippen LogP contribution in [0, 0.1) is 6.92 Å². The van der Waals surface area contributed by atoms with Crippen LogP contribution < -0.4 is 10.9 Å². The van der Waals surface area contributed by atoms with Crippen LogP contribution in [0.3, 0.4) is 0 Å². The lowest BCUT2D eigenvalue weighted by Crippen LogP contribution is -2.32. The van der Waals surface area contributed by atoms with E-state index in [0.717, 1.165) is 5.56 Å². The van der Waals surface area contributed by atoms with E-state index >= 15 is 0 Å². The molecule has 0 saturated heterocycles. The third kappa shape index (κ3) is 4.45. The fourth-order valence-electron chi connectivity index (χ4n) is 2.00. The number of esters is 1. The molecule has 0 aliphatic carbocycles. The highest BCUT2D eigenvalue weighted by molar-refractivity contribution is 6.31. The lowest BCUT2D eigenvalue weighted by molar-refractivity contribution is -0.153. The van der Waals surface area contributed by atoms with Crippen LogP contribution >= 0.6 is 11.6 Å². The number of carbonyl (C=O) groups excluding carboxylic acids is 2. The van der Waals surface area contributed by atoms with Gasteiger partial charge in [-0.05, 0) is 37.6 Å². The molecule has 0 aliphatic rings. The first-order valence-electron chi connectivity index (χ1n) is 7.29. The molecule has 1 amide bonds. The summed E-state index contributed by atoms with van der Waals surface area (Å²) in [5.74, 6) is -1.15. The normalized spacial score (nSPS) is 11.6. The minimum absolute atomic E-state index is 0.256. The van der Waals surface area contributed by atoms with Crippen LogP contribution in [0.25, 0.3) is 0 Å². The van der Waals surface area contributed by atoms with Gasteiger partial charge < -0.3 is 14.6 Å². The van der Waals surface area contributed by atoms with Crippen LogP contribution in [0.5, 0.6) is 0 Å². The van der Waals surface area contributed by atoms with Crippen molar-refractivity contribution >= 4 is 29.2 Å². The molecule has 0 saturated carbocycles. The fourth-order valence-corrected chi connectivity index (χ4v) is 2.17. The SMILES string of the molecule is Cc1c(Cl)cccc1NC(=O)[C@@H](C)OC(=O)Cn1ccccc1=O. The van der Waals surface area contributed by atoms with Crippen molar-refractivity contribution in [1.82, 2.24) is 4.57 Å². The summed E-state index contributed by atoms with van der Waals surface area (Å²) in [4.78, 5) is 35.5. The van der Waals surface area contributed by atoms with Crippen molar-refractivity contribution in [2.24, 2.45) is 0 Å². The van der Waals surface area contributed by atoms with Crippen LogP contribution in [0.4, 0.5) is 5.69 Å². The molecule has 1 heterocycles. The zero-order chi connectivity index (χ0) is 17.7. The first-order valence-corrected chi connectivity index (χ1v) is 7.67. The molecule has 126 valence electrons. The highest BCUT2D eigenvalue weighted by Gasteiger charge is 2.19. The molecule has 1 aromatic heterocycles. The Bertz CT molecular complexity index is 816. The van der Waals surface area contributed by atoms with Gasteiger partial charge in [0, 0.05) is 23.0 Å². The standard InChI is InChI=1S/C17H17ClN2O4/c1-11-13(18)6-5-7-14(11)19-17(23)12(2)24-16(22)10-20-9-4-3-8-15(20)21/h3-9,12H,10H2,1-2H3,(H,19,23)/t12-/m1/s1. The maximum Gasteiger partial charge on any atom is 0.326 e. The molecule has 7 heteroatoms. The van der Waals surface area contributed by atoms with Gasteiger partial charge in [-0.2, -0.15) is 0 Å². The second kappa shape index (κ2) is 7.79. The lowest BCUT2D eigenvalue weighted by atomic mass is 10.2. The Morgan fingerprint density at radius 3 is 2.71 bits per heavy atom. The average Bonchev–Trinajstić information content (AvgIpc) is 2.54. The second-order valence-electron chi connectivity index (χ2n) is 5.20. The average molecular weight is 349 g/mol. The minimum atomic E-state index is -1.00. The van der Waals surface area contributed by atoms with Gasteiger partial charge in [0.15, 0.2) is 6.10 Å². The Labute approximate surface area is 144 Å². The molecule has 0 fully saturated rings. The molecule has 2 rings (SSSR count). The Balaban J connectivity index is 1.96. The minimum Gasteiger partial charge on any atom is -0.451 e. The molecule has 0 bridgehead atoms. The molecular weight excluding hydrogens is 332 g/mol. The van der Waals surface area contributed by atoms with Crippen molar-refractivity contribution in [1.29, 1.82) is 0 Å². The summed E-state index contributed by atoms with van der Waals surface area (Å²) < 4.78 is 6.27. The number of rotatable bonds is 5. The van der Waals surface area contributed by atoms with E-state index in [1.807, 2.05) is 0 Å². The third-order valence-corrected chi connectivity index (χ3v) is 3.81. The Hall–Kier alpha value is -2.60. The molecule has 1 atom stereocenters. The molecule has 1 aromatic carbocycles.